The molecule has 1 saturated heterocycles. The summed E-state index contributed by atoms with van der Waals surface area (Å²) in [5, 5.41) is 4.21. The maximum atomic E-state index is 11.2. The fraction of sp³-hybridized carbons (Fsp3) is 0.278. The van der Waals surface area contributed by atoms with Crippen molar-refractivity contribution in [3.05, 3.63) is 70.2 Å². The monoisotopic (exact) mass is 329 g/mol. The lowest BCUT2D eigenvalue weighted by atomic mass is 10.0. The highest BCUT2D eigenvalue weighted by Gasteiger charge is 2.23. The zero-order valence-corrected chi connectivity index (χ0v) is 13.6. The van der Waals surface area contributed by atoms with Crippen molar-refractivity contribution in [2.45, 2.75) is 12.6 Å². The van der Waals surface area contributed by atoms with Gasteiger partial charge in [-0.25, -0.2) is 0 Å². The lowest BCUT2D eigenvalue weighted by Gasteiger charge is -2.36. The van der Waals surface area contributed by atoms with Gasteiger partial charge in [0, 0.05) is 42.8 Å². The van der Waals surface area contributed by atoms with Gasteiger partial charge in [0.2, 0.25) is 5.91 Å². The number of piperazine rings is 1. The first-order valence-corrected chi connectivity index (χ1v) is 8.10. The second-order valence-electron chi connectivity index (χ2n) is 5.81. The summed E-state index contributed by atoms with van der Waals surface area (Å²) < 4.78 is 0. The number of nitrogens with zero attached hydrogens (tertiary/aromatic N) is 1. The molecule has 0 bridgehead atoms. The van der Waals surface area contributed by atoms with E-state index in [1.54, 1.807) is 12.1 Å². The summed E-state index contributed by atoms with van der Waals surface area (Å²) in [7, 11) is 0. The van der Waals surface area contributed by atoms with Gasteiger partial charge in [0.25, 0.3) is 0 Å². The minimum atomic E-state index is -0.393. The summed E-state index contributed by atoms with van der Waals surface area (Å²) in [6.45, 7) is 3.67. The average Bonchev–Trinajstić information content (AvgIpc) is 2.56. The second kappa shape index (κ2) is 7.13. The van der Waals surface area contributed by atoms with Crippen LogP contribution in [-0.2, 0) is 6.54 Å². The molecule has 3 N–H and O–H groups in total. The predicted octanol–water partition coefficient (Wildman–Crippen LogP) is 2.59. The summed E-state index contributed by atoms with van der Waals surface area (Å²) >= 11 is 6.14. The van der Waals surface area contributed by atoms with E-state index >= 15 is 0 Å². The third kappa shape index (κ3) is 3.91. The number of nitrogens with one attached hydrogen (secondary N) is 1. The van der Waals surface area contributed by atoms with Gasteiger partial charge in [-0.15, -0.1) is 0 Å². The molecule has 0 radical (unpaired) electrons. The molecule has 23 heavy (non-hydrogen) atoms. The molecule has 2 aromatic carbocycles. The number of rotatable bonds is 4. The molecule has 1 aliphatic rings. The van der Waals surface area contributed by atoms with Gasteiger partial charge in [0.1, 0.15) is 0 Å². The van der Waals surface area contributed by atoms with E-state index in [2.05, 4.69) is 16.3 Å². The molecule has 1 atom stereocenters. The number of benzene rings is 2. The van der Waals surface area contributed by atoms with Crippen LogP contribution in [0.5, 0.6) is 0 Å². The van der Waals surface area contributed by atoms with Crippen LogP contribution in [0.3, 0.4) is 0 Å². The molecular weight excluding hydrogens is 310 g/mol. The first-order valence-electron chi connectivity index (χ1n) is 7.72. The van der Waals surface area contributed by atoms with E-state index in [-0.39, 0.29) is 0 Å². The third-order valence-electron chi connectivity index (χ3n) is 4.21. The number of halogens is 1. The Labute approximate surface area is 141 Å². The number of carbonyl (C=O) groups is 1. The highest BCUT2D eigenvalue weighted by molar-refractivity contribution is 6.30. The van der Waals surface area contributed by atoms with Crippen molar-refractivity contribution in [1.82, 2.24) is 10.2 Å². The lowest BCUT2D eigenvalue weighted by molar-refractivity contribution is 0.1000. The van der Waals surface area contributed by atoms with Gasteiger partial charge in [-0.2, -0.15) is 0 Å². The van der Waals surface area contributed by atoms with E-state index in [1.807, 2.05) is 30.3 Å². The molecule has 1 aliphatic heterocycles. The standard InChI is InChI=1S/C18H20ClN3O/c19-16-3-1-2-15(10-16)17-11-21-8-9-22(17)12-13-4-6-14(7-5-13)18(20)23/h1-7,10,17,21H,8-9,11-12H2,(H2,20,23). The van der Waals surface area contributed by atoms with E-state index in [9.17, 15) is 4.79 Å². The van der Waals surface area contributed by atoms with Crippen LogP contribution in [0.1, 0.15) is 27.5 Å². The van der Waals surface area contributed by atoms with Gasteiger partial charge in [-0.3, -0.25) is 9.69 Å². The van der Waals surface area contributed by atoms with Gasteiger partial charge in [-0.1, -0.05) is 35.9 Å². The van der Waals surface area contributed by atoms with Gasteiger partial charge in [0.05, 0.1) is 0 Å². The molecule has 1 fully saturated rings. The van der Waals surface area contributed by atoms with Crippen LogP contribution in [-0.4, -0.2) is 30.4 Å². The van der Waals surface area contributed by atoms with Crippen molar-refractivity contribution in [1.29, 1.82) is 0 Å². The molecule has 0 spiro atoms. The lowest BCUT2D eigenvalue weighted by Crippen LogP contribution is -2.45. The molecule has 1 amide bonds. The van der Waals surface area contributed by atoms with Crippen molar-refractivity contribution in [3.63, 3.8) is 0 Å². The second-order valence-corrected chi connectivity index (χ2v) is 6.24. The molecule has 0 aliphatic carbocycles. The summed E-state index contributed by atoms with van der Waals surface area (Å²) in [5.74, 6) is -0.393. The summed E-state index contributed by atoms with van der Waals surface area (Å²) in [6.07, 6.45) is 0. The summed E-state index contributed by atoms with van der Waals surface area (Å²) in [6, 6.07) is 15.8. The van der Waals surface area contributed by atoms with E-state index in [0.29, 0.717) is 11.6 Å². The van der Waals surface area contributed by atoms with Crippen molar-refractivity contribution >= 4 is 17.5 Å². The minimum Gasteiger partial charge on any atom is -0.366 e. The average molecular weight is 330 g/mol. The maximum absolute atomic E-state index is 11.2. The van der Waals surface area contributed by atoms with Gasteiger partial charge in [0.15, 0.2) is 0 Å². The zero-order chi connectivity index (χ0) is 16.2. The van der Waals surface area contributed by atoms with Gasteiger partial charge >= 0.3 is 0 Å². The van der Waals surface area contributed by atoms with Crippen LogP contribution in [0, 0.1) is 0 Å². The molecule has 1 unspecified atom stereocenters. The summed E-state index contributed by atoms with van der Waals surface area (Å²) in [5.41, 5.74) is 8.22. The zero-order valence-electron chi connectivity index (χ0n) is 12.8. The maximum Gasteiger partial charge on any atom is 0.248 e. The number of amides is 1. The Morgan fingerprint density at radius 2 is 2.04 bits per heavy atom. The van der Waals surface area contributed by atoms with Gasteiger partial charge < -0.3 is 11.1 Å². The largest absolute Gasteiger partial charge is 0.366 e. The first-order chi connectivity index (χ1) is 11.1. The quantitative estimate of drug-likeness (QED) is 0.906. The van der Waals surface area contributed by atoms with E-state index in [1.165, 1.54) is 11.1 Å². The molecule has 2 aromatic rings. The van der Waals surface area contributed by atoms with E-state index in [0.717, 1.165) is 31.2 Å². The Bertz CT molecular complexity index is 687. The van der Waals surface area contributed by atoms with Crippen molar-refractivity contribution in [2.75, 3.05) is 19.6 Å². The molecule has 1 heterocycles. The molecule has 5 heteroatoms. The molecule has 0 aromatic heterocycles. The Balaban J connectivity index is 1.77. The van der Waals surface area contributed by atoms with E-state index in [4.69, 9.17) is 17.3 Å². The highest BCUT2D eigenvalue weighted by atomic mass is 35.5. The Morgan fingerprint density at radius 3 is 2.74 bits per heavy atom. The van der Waals surface area contributed by atoms with Crippen LogP contribution in [0.25, 0.3) is 0 Å². The van der Waals surface area contributed by atoms with Crippen LogP contribution < -0.4 is 11.1 Å². The molecule has 120 valence electrons. The molecule has 3 rings (SSSR count). The topological polar surface area (TPSA) is 58.4 Å². The Hall–Kier alpha value is -1.88. The number of nitrogens with two attached hydrogens (primary N) is 1. The first kappa shape index (κ1) is 16.0. The molecule has 4 nitrogen and oxygen atoms in total. The molecular formula is C18H20ClN3O. The number of hydrogen-bond donors (Lipinski definition) is 2. The van der Waals surface area contributed by atoms with Gasteiger partial charge in [-0.05, 0) is 35.4 Å². The van der Waals surface area contributed by atoms with Crippen LogP contribution in [0.15, 0.2) is 48.5 Å². The fourth-order valence-corrected chi connectivity index (χ4v) is 3.19. The third-order valence-corrected chi connectivity index (χ3v) is 4.45. The Kier molecular flexibility index (Phi) is 4.96. The minimum absolute atomic E-state index is 0.290. The van der Waals surface area contributed by atoms with Crippen LogP contribution in [0.4, 0.5) is 0 Å². The SMILES string of the molecule is NC(=O)c1ccc(CN2CCNCC2c2cccc(Cl)c2)cc1. The smallest absolute Gasteiger partial charge is 0.248 e. The number of hydrogen-bond acceptors (Lipinski definition) is 3. The van der Waals surface area contributed by atoms with Crippen molar-refractivity contribution in [2.24, 2.45) is 5.73 Å². The van der Waals surface area contributed by atoms with Crippen molar-refractivity contribution in [3.8, 4) is 0 Å². The fourth-order valence-electron chi connectivity index (χ4n) is 2.99. The molecule has 0 saturated carbocycles. The normalized spacial score (nSPS) is 18.7. The Morgan fingerprint density at radius 1 is 1.26 bits per heavy atom. The summed E-state index contributed by atoms with van der Waals surface area (Å²) in [4.78, 5) is 13.6. The van der Waals surface area contributed by atoms with Crippen LogP contribution >= 0.6 is 11.6 Å². The van der Waals surface area contributed by atoms with Crippen molar-refractivity contribution < 1.29 is 4.79 Å². The van der Waals surface area contributed by atoms with Crippen LogP contribution in [0.2, 0.25) is 5.02 Å². The highest BCUT2D eigenvalue weighted by Crippen LogP contribution is 2.26. The van der Waals surface area contributed by atoms with E-state index < -0.39 is 5.91 Å². The predicted molar refractivity (Wildman–Crippen MR) is 92.4 cm³/mol. The number of primary amides is 1. The number of carbonyl (C=O) groups excluding carboxylic acids is 1.